The molecule has 0 heterocycles. The van der Waals surface area contributed by atoms with Gasteiger partial charge in [0.15, 0.2) is 0 Å². The molecule has 0 saturated heterocycles. The second-order valence-electron chi connectivity index (χ2n) is 6.91. The number of amides is 1. The number of nitrogens with one attached hydrogen (secondary N) is 1. The first-order valence-electron chi connectivity index (χ1n) is 6.55. The van der Waals surface area contributed by atoms with E-state index in [1.165, 1.54) is 0 Å². The van der Waals surface area contributed by atoms with Crippen LogP contribution in [0.25, 0.3) is 0 Å². The Morgan fingerprint density at radius 1 is 1.17 bits per heavy atom. The van der Waals surface area contributed by atoms with Crippen molar-refractivity contribution in [3.05, 3.63) is 0 Å². The molecule has 1 atom stereocenters. The van der Waals surface area contributed by atoms with Gasteiger partial charge < -0.3 is 10.4 Å². The van der Waals surface area contributed by atoms with Crippen molar-refractivity contribution in [1.29, 1.82) is 0 Å². The molecule has 0 aromatic heterocycles. The summed E-state index contributed by atoms with van der Waals surface area (Å²) in [7, 11) is 0. The molecule has 1 fully saturated rings. The average Bonchev–Trinajstić information content (AvgIpc) is 2.54. The van der Waals surface area contributed by atoms with Gasteiger partial charge >= 0.3 is 5.97 Å². The number of carboxylic acid groups (broad SMARTS) is 1. The van der Waals surface area contributed by atoms with Crippen LogP contribution in [0.5, 0.6) is 0 Å². The van der Waals surface area contributed by atoms with Gasteiger partial charge in [-0.1, -0.05) is 41.5 Å². The van der Waals surface area contributed by atoms with Crippen molar-refractivity contribution < 1.29 is 14.7 Å². The van der Waals surface area contributed by atoms with Gasteiger partial charge in [0, 0.05) is 5.92 Å². The van der Waals surface area contributed by atoms with Crippen molar-refractivity contribution >= 4 is 11.9 Å². The van der Waals surface area contributed by atoms with Crippen LogP contribution in [0.3, 0.4) is 0 Å². The van der Waals surface area contributed by atoms with E-state index >= 15 is 0 Å². The normalized spacial score (nSPS) is 22.6. The van der Waals surface area contributed by atoms with Crippen molar-refractivity contribution in [3.8, 4) is 0 Å². The van der Waals surface area contributed by atoms with Gasteiger partial charge in [-0.3, -0.25) is 4.79 Å². The molecule has 0 radical (unpaired) electrons. The number of hydrogen-bond acceptors (Lipinski definition) is 2. The topological polar surface area (TPSA) is 66.4 Å². The number of carbonyl (C=O) groups is 2. The molecular weight excluding hydrogens is 230 g/mol. The molecule has 0 spiro atoms. The van der Waals surface area contributed by atoms with Gasteiger partial charge in [-0.25, -0.2) is 4.79 Å². The highest BCUT2D eigenvalue weighted by atomic mass is 16.4. The Morgan fingerprint density at radius 3 is 1.89 bits per heavy atom. The molecule has 0 aromatic carbocycles. The Morgan fingerprint density at radius 2 is 1.61 bits per heavy atom. The summed E-state index contributed by atoms with van der Waals surface area (Å²) in [5.74, 6) is -0.933. The molecular formula is C14H25NO3. The second kappa shape index (κ2) is 4.56. The van der Waals surface area contributed by atoms with Gasteiger partial charge in [-0.2, -0.15) is 0 Å². The first-order valence-corrected chi connectivity index (χ1v) is 6.55. The zero-order valence-electron chi connectivity index (χ0n) is 12.2. The molecule has 0 aromatic rings. The summed E-state index contributed by atoms with van der Waals surface area (Å²) in [6, 6.07) is -0.773. The van der Waals surface area contributed by atoms with Crippen LogP contribution in [0, 0.1) is 22.7 Å². The largest absolute Gasteiger partial charge is 0.480 e. The fourth-order valence-corrected chi connectivity index (χ4v) is 2.80. The van der Waals surface area contributed by atoms with Gasteiger partial charge in [-0.15, -0.1) is 0 Å². The summed E-state index contributed by atoms with van der Waals surface area (Å²) >= 11 is 0. The number of carboxylic acids is 1. The third-order valence-electron chi connectivity index (χ3n) is 4.60. The maximum absolute atomic E-state index is 12.2. The lowest BCUT2D eigenvalue weighted by atomic mass is 10.0. The van der Waals surface area contributed by atoms with Crippen molar-refractivity contribution in [2.24, 2.45) is 22.7 Å². The Balaban J connectivity index is 2.67. The Labute approximate surface area is 109 Å². The molecule has 1 saturated carbocycles. The lowest BCUT2D eigenvalue weighted by molar-refractivity contribution is -0.142. The highest BCUT2D eigenvalue weighted by molar-refractivity contribution is 5.88. The maximum Gasteiger partial charge on any atom is 0.326 e. The molecule has 18 heavy (non-hydrogen) atoms. The smallest absolute Gasteiger partial charge is 0.326 e. The Hall–Kier alpha value is -1.06. The van der Waals surface area contributed by atoms with E-state index in [1.807, 2.05) is 13.8 Å². The van der Waals surface area contributed by atoms with Crippen molar-refractivity contribution in [3.63, 3.8) is 0 Å². The first kappa shape index (κ1) is 15.0. The molecule has 0 unspecified atom stereocenters. The molecule has 4 heteroatoms. The van der Waals surface area contributed by atoms with Crippen molar-refractivity contribution in [2.45, 2.75) is 54.0 Å². The third-order valence-corrected chi connectivity index (χ3v) is 4.60. The molecule has 2 N–H and O–H groups in total. The van der Waals surface area contributed by atoms with E-state index in [9.17, 15) is 9.59 Å². The van der Waals surface area contributed by atoms with E-state index in [0.29, 0.717) is 6.42 Å². The van der Waals surface area contributed by atoms with E-state index in [-0.39, 0.29) is 28.6 Å². The van der Waals surface area contributed by atoms with Crippen LogP contribution < -0.4 is 5.32 Å². The molecule has 1 amide bonds. The van der Waals surface area contributed by atoms with E-state index in [2.05, 4.69) is 33.0 Å². The average molecular weight is 255 g/mol. The zero-order valence-corrected chi connectivity index (χ0v) is 12.2. The van der Waals surface area contributed by atoms with Crippen LogP contribution in [0.2, 0.25) is 0 Å². The molecule has 1 aliphatic carbocycles. The highest BCUT2D eigenvalue weighted by Crippen LogP contribution is 2.68. The van der Waals surface area contributed by atoms with Crippen LogP contribution >= 0.6 is 0 Å². The first-order chi connectivity index (χ1) is 8.01. The van der Waals surface area contributed by atoms with Crippen LogP contribution in [0.4, 0.5) is 0 Å². The van der Waals surface area contributed by atoms with Crippen LogP contribution in [0.15, 0.2) is 0 Å². The Bertz CT molecular complexity index is 344. The highest BCUT2D eigenvalue weighted by Gasteiger charge is 2.68. The number of carbonyl (C=O) groups excluding carboxylic acids is 1. The minimum Gasteiger partial charge on any atom is -0.480 e. The van der Waals surface area contributed by atoms with Gasteiger partial charge in [0.1, 0.15) is 6.04 Å². The predicted molar refractivity (Wildman–Crippen MR) is 70.1 cm³/mol. The van der Waals surface area contributed by atoms with Crippen LogP contribution in [-0.4, -0.2) is 23.0 Å². The van der Waals surface area contributed by atoms with E-state index < -0.39 is 12.0 Å². The fraction of sp³-hybridized carbons (Fsp3) is 0.857. The van der Waals surface area contributed by atoms with Crippen LogP contribution in [-0.2, 0) is 9.59 Å². The summed E-state index contributed by atoms with van der Waals surface area (Å²) in [4.78, 5) is 23.3. The van der Waals surface area contributed by atoms with Gasteiger partial charge in [-0.05, 0) is 23.2 Å². The van der Waals surface area contributed by atoms with Crippen molar-refractivity contribution in [2.75, 3.05) is 0 Å². The van der Waals surface area contributed by atoms with E-state index in [4.69, 9.17) is 5.11 Å². The lowest BCUT2D eigenvalue weighted by Crippen LogP contribution is -2.43. The van der Waals surface area contributed by atoms with E-state index in [1.54, 1.807) is 0 Å². The summed E-state index contributed by atoms with van der Waals surface area (Å²) in [6.45, 7) is 12.1. The maximum atomic E-state index is 12.2. The SMILES string of the molecule is CC(C)C[C@H](NC(=O)C1C(C)(C)C1(C)C)C(=O)O. The molecule has 1 rings (SSSR count). The number of aliphatic carboxylic acids is 1. The standard InChI is InChI=1S/C14H25NO3/c1-8(2)7-9(12(17)18)15-11(16)10-13(3,4)14(10,5)6/h8-10H,7H2,1-6H3,(H,15,16)(H,17,18)/t9-/m0/s1. The number of rotatable bonds is 5. The van der Waals surface area contributed by atoms with Crippen molar-refractivity contribution in [1.82, 2.24) is 5.32 Å². The lowest BCUT2D eigenvalue weighted by Gasteiger charge is -2.17. The Kier molecular flexibility index (Phi) is 3.80. The second-order valence-corrected chi connectivity index (χ2v) is 6.91. The minimum absolute atomic E-state index is 0.0576. The third kappa shape index (κ3) is 2.52. The fourth-order valence-electron chi connectivity index (χ4n) is 2.80. The molecule has 0 aliphatic heterocycles. The summed E-state index contributed by atoms with van der Waals surface area (Å²) in [5.41, 5.74) is -0.115. The van der Waals surface area contributed by atoms with Gasteiger partial charge in [0.2, 0.25) is 5.91 Å². The number of hydrogen-bond donors (Lipinski definition) is 2. The van der Waals surface area contributed by atoms with Gasteiger partial charge in [0.25, 0.3) is 0 Å². The summed E-state index contributed by atoms with van der Waals surface area (Å²) in [6.07, 6.45) is 0.467. The minimum atomic E-state index is -0.951. The summed E-state index contributed by atoms with van der Waals surface area (Å²) in [5, 5.41) is 11.8. The van der Waals surface area contributed by atoms with Gasteiger partial charge in [0.05, 0.1) is 0 Å². The predicted octanol–water partition coefficient (Wildman–Crippen LogP) is 2.28. The molecule has 4 nitrogen and oxygen atoms in total. The molecule has 104 valence electrons. The monoisotopic (exact) mass is 255 g/mol. The van der Waals surface area contributed by atoms with Crippen LogP contribution in [0.1, 0.15) is 48.0 Å². The quantitative estimate of drug-likeness (QED) is 0.792. The molecule has 1 aliphatic rings. The summed E-state index contributed by atoms with van der Waals surface area (Å²) < 4.78 is 0. The zero-order chi connectivity index (χ0) is 14.3. The van der Waals surface area contributed by atoms with E-state index in [0.717, 1.165) is 0 Å². The molecule has 0 bridgehead atoms.